The van der Waals surface area contributed by atoms with Gasteiger partial charge in [-0.1, -0.05) is 12.1 Å². The molecule has 8 heteroatoms. The first-order valence-electron chi connectivity index (χ1n) is 8.18. The van der Waals surface area contributed by atoms with Gasteiger partial charge in [0.2, 0.25) is 10.0 Å². The highest BCUT2D eigenvalue weighted by Gasteiger charge is 2.13. The second-order valence-electron chi connectivity index (χ2n) is 6.17. The molecule has 24 heavy (non-hydrogen) atoms. The molecule has 1 fully saturated rings. The van der Waals surface area contributed by atoms with Crippen LogP contribution in [0, 0.1) is 0 Å². The number of nitrogens with zero attached hydrogens (tertiary/aromatic N) is 1. The largest absolute Gasteiger partial charge is 0.337 e. The summed E-state index contributed by atoms with van der Waals surface area (Å²) in [6.45, 7) is 5.57. The van der Waals surface area contributed by atoms with Crippen LogP contribution in [0.25, 0.3) is 0 Å². The molecule has 0 radical (unpaired) electrons. The van der Waals surface area contributed by atoms with E-state index in [-0.39, 0.29) is 12.1 Å². The van der Waals surface area contributed by atoms with Crippen LogP contribution in [0.2, 0.25) is 0 Å². The lowest BCUT2D eigenvalue weighted by Crippen LogP contribution is -2.40. The summed E-state index contributed by atoms with van der Waals surface area (Å²) in [6, 6.07) is 6.56. The zero-order valence-corrected chi connectivity index (χ0v) is 15.0. The van der Waals surface area contributed by atoms with Crippen molar-refractivity contribution >= 4 is 21.7 Å². The number of hydrogen-bond acceptors (Lipinski definition) is 4. The van der Waals surface area contributed by atoms with E-state index in [1.165, 1.54) is 12.8 Å². The molecule has 3 N–H and O–H groups in total. The Hall–Kier alpha value is -1.80. The maximum Gasteiger partial charge on any atom is 0.315 e. The Labute approximate surface area is 143 Å². The van der Waals surface area contributed by atoms with Crippen LogP contribution in [-0.4, -0.2) is 51.8 Å². The third-order valence-corrected chi connectivity index (χ3v) is 4.56. The van der Waals surface area contributed by atoms with Gasteiger partial charge in [-0.15, -0.1) is 0 Å². The molecule has 0 bridgehead atoms. The highest BCUT2D eigenvalue weighted by molar-refractivity contribution is 7.92. The molecule has 2 rings (SSSR count). The van der Waals surface area contributed by atoms with Crippen molar-refractivity contribution in [3.63, 3.8) is 0 Å². The lowest BCUT2D eigenvalue weighted by Gasteiger charge is -2.18. The molecule has 1 saturated heterocycles. The number of sulfonamides is 1. The third-order valence-electron chi connectivity index (χ3n) is 3.95. The number of likely N-dealkylation sites (tertiary alicyclic amines) is 1. The van der Waals surface area contributed by atoms with Gasteiger partial charge in [-0.25, -0.2) is 13.2 Å². The molecule has 0 aliphatic carbocycles. The van der Waals surface area contributed by atoms with Gasteiger partial charge in [0, 0.05) is 18.8 Å². The standard InChI is InChI=1S/C16H26N4O3S/c1-13(14-6-5-7-15(12-14)19-24(2,22)23)18-16(21)17-8-11-20-9-3-4-10-20/h5-7,12-13,19H,3-4,8-11H2,1-2H3,(H2,17,18,21). The summed E-state index contributed by atoms with van der Waals surface area (Å²) >= 11 is 0. The molecular formula is C16H26N4O3S. The highest BCUT2D eigenvalue weighted by Crippen LogP contribution is 2.18. The Morgan fingerprint density at radius 3 is 2.67 bits per heavy atom. The second-order valence-corrected chi connectivity index (χ2v) is 7.92. The number of amides is 2. The van der Waals surface area contributed by atoms with Crippen LogP contribution in [0.1, 0.15) is 31.4 Å². The van der Waals surface area contributed by atoms with Crippen molar-refractivity contribution in [2.24, 2.45) is 0 Å². The van der Waals surface area contributed by atoms with Crippen molar-refractivity contribution in [2.45, 2.75) is 25.8 Å². The van der Waals surface area contributed by atoms with Crippen LogP contribution in [0.5, 0.6) is 0 Å². The van der Waals surface area contributed by atoms with Crippen molar-refractivity contribution in [1.29, 1.82) is 0 Å². The zero-order valence-electron chi connectivity index (χ0n) is 14.2. The molecule has 0 aromatic heterocycles. The molecule has 7 nitrogen and oxygen atoms in total. The fourth-order valence-electron chi connectivity index (χ4n) is 2.75. The fourth-order valence-corrected chi connectivity index (χ4v) is 3.31. The van der Waals surface area contributed by atoms with Gasteiger partial charge < -0.3 is 15.5 Å². The minimum absolute atomic E-state index is 0.219. The van der Waals surface area contributed by atoms with Crippen LogP contribution >= 0.6 is 0 Å². The number of rotatable bonds is 7. The van der Waals surface area contributed by atoms with Crippen molar-refractivity contribution in [3.05, 3.63) is 29.8 Å². The minimum atomic E-state index is -3.32. The van der Waals surface area contributed by atoms with E-state index < -0.39 is 10.0 Å². The van der Waals surface area contributed by atoms with E-state index >= 15 is 0 Å². The Morgan fingerprint density at radius 1 is 1.29 bits per heavy atom. The van der Waals surface area contributed by atoms with E-state index in [4.69, 9.17) is 0 Å². The van der Waals surface area contributed by atoms with Crippen LogP contribution in [0.15, 0.2) is 24.3 Å². The van der Waals surface area contributed by atoms with Crippen LogP contribution in [-0.2, 0) is 10.0 Å². The average molecular weight is 354 g/mol. The molecule has 0 spiro atoms. The molecular weight excluding hydrogens is 328 g/mol. The maximum absolute atomic E-state index is 12.0. The van der Waals surface area contributed by atoms with Crippen molar-refractivity contribution in [2.75, 3.05) is 37.2 Å². The number of nitrogens with one attached hydrogen (secondary N) is 3. The molecule has 134 valence electrons. The Kier molecular flexibility index (Phi) is 6.44. The summed E-state index contributed by atoms with van der Waals surface area (Å²) in [6.07, 6.45) is 3.58. The van der Waals surface area contributed by atoms with E-state index in [0.717, 1.165) is 31.5 Å². The lowest BCUT2D eigenvalue weighted by molar-refractivity contribution is 0.235. The number of anilines is 1. The van der Waals surface area contributed by atoms with E-state index in [0.29, 0.717) is 12.2 Å². The highest BCUT2D eigenvalue weighted by atomic mass is 32.2. The molecule has 1 aliphatic rings. The maximum atomic E-state index is 12.0. The van der Waals surface area contributed by atoms with Crippen molar-refractivity contribution < 1.29 is 13.2 Å². The van der Waals surface area contributed by atoms with Crippen LogP contribution < -0.4 is 15.4 Å². The van der Waals surface area contributed by atoms with Crippen molar-refractivity contribution in [1.82, 2.24) is 15.5 Å². The lowest BCUT2D eigenvalue weighted by atomic mass is 10.1. The summed E-state index contributed by atoms with van der Waals surface area (Å²) in [5.74, 6) is 0. The second kappa shape index (κ2) is 8.34. The molecule has 1 unspecified atom stereocenters. The summed E-state index contributed by atoms with van der Waals surface area (Å²) in [5.41, 5.74) is 1.32. The first-order chi connectivity index (χ1) is 11.3. The molecule has 2 amide bonds. The first kappa shape index (κ1) is 18.5. The van der Waals surface area contributed by atoms with E-state index in [9.17, 15) is 13.2 Å². The van der Waals surface area contributed by atoms with Crippen LogP contribution in [0.3, 0.4) is 0 Å². The monoisotopic (exact) mass is 354 g/mol. The number of carbonyl (C=O) groups is 1. The summed E-state index contributed by atoms with van der Waals surface area (Å²) < 4.78 is 25.0. The molecule has 1 aliphatic heterocycles. The quantitative estimate of drug-likeness (QED) is 0.692. The smallest absolute Gasteiger partial charge is 0.315 e. The van der Waals surface area contributed by atoms with Crippen molar-refractivity contribution in [3.8, 4) is 0 Å². The van der Waals surface area contributed by atoms with Gasteiger partial charge in [-0.05, 0) is 50.6 Å². The molecule has 1 atom stereocenters. The van der Waals surface area contributed by atoms with Gasteiger partial charge in [0.05, 0.1) is 12.3 Å². The summed E-state index contributed by atoms with van der Waals surface area (Å²) in [4.78, 5) is 14.3. The van der Waals surface area contributed by atoms with Gasteiger partial charge in [-0.3, -0.25) is 4.72 Å². The SMILES string of the molecule is CC(NC(=O)NCCN1CCCC1)c1cccc(NS(C)(=O)=O)c1. The topological polar surface area (TPSA) is 90.5 Å². The van der Waals surface area contributed by atoms with E-state index in [2.05, 4.69) is 20.3 Å². The molecule has 1 heterocycles. The first-order valence-corrected chi connectivity index (χ1v) is 10.1. The predicted octanol–water partition coefficient (Wildman–Crippen LogP) is 1.51. The van der Waals surface area contributed by atoms with Crippen LogP contribution in [0.4, 0.5) is 10.5 Å². The van der Waals surface area contributed by atoms with Gasteiger partial charge >= 0.3 is 6.03 Å². The normalized spacial score (nSPS) is 16.6. The minimum Gasteiger partial charge on any atom is -0.337 e. The zero-order chi connectivity index (χ0) is 17.6. The number of hydrogen-bond donors (Lipinski definition) is 3. The van der Waals surface area contributed by atoms with Gasteiger partial charge in [0.15, 0.2) is 0 Å². The predicted molar refractivity (Wildman–Crippen MR) is 95.5 cm³/mol. The van der Waals surface area contributed by atoms with Gasteiger partial charge in [-0.2, -0.15) is 0 Å². The Bertz CT molecular complexity index is 657. The van der Waals surface area contributed by atoms with Gasteiger partial charge in [0.25, 0.3) is 0 Å². The number of benzene rings is 1. The fraction of sp³-hybridized carbons (Fsp3) is 0.562. The Morgan fingerprint density at radius 2 is 2.00 bits per heavy atom. The summed E-state index contributed by atoms with van der Waals surface area (Å²) in [7, 11) is -3.32. The summed E-state index contributed by atoms with van der Waals surface area (Å²) in [5, 5.41) is 5.73. The van der Waals surface area contributed by atoms with E-state index in [1.54, 1.807) is 18.2 Å². The molecule has 0 saturated carbocycles. The molecule has 1 aromatic carbocycles. The number of carbonyl (C=O) groups excluding carboxylic acids is 1. The average Bonchev–Trinajstić information content (AvgIpc) is 2.99. The Balaban J connectivity index is 1.81. The van der Waals surface area contributed by atoms with E-state index in [1.807, 2.05) is 13.0 Å². The molecule has 1 aromatic rings. The third kappa shape index (κ3) is 6.37. The van der Waals surface area contributed by atoms with Gasteiger partial charge in [0.1, 0.15) is 0 Å². The number of urea groups is 1.